The maximum atomic E-state index is 14.2. The molecule has 0 saturated heterocycles. The number of halogens is 3. The van der Waals surface area contributed by atoms with E-state index in [1.165, 1.54) is 18.2 Å². The van der Waals surface area contributed by atoms with Gasteiger partial charge in [-0.25, -0.2) is 13.6 Å². The minimum Gasteiger partial charge on any atom is -0.274 e. The Kier molecular flexibility index (Phi) is 5.58. The van der Waals surface area contributed by atoms with Crippen LogP contribution in [0.4, 0.5) is 8.78 Å². The largest absolute Gasteiger partial charge is 0.274 e. The Balaban J connectivity index is 2.03. The molecule has 1 heterocycles. The Bertz CT molecular complexity index is 1050. The monoisotopic (exact) mass is 448 g/mol. The molecular formula is C19H11BrF2N2O4. The van der Waals surface area contributed by atoms with E-state index in [0.29, 0.717) is 4.47 Å². The Morgan fingerprint density at radius 1 is 1.18 bits per heavy atom. The van der Waals surface area contributed by atoms with E-state index >= 15 is 0 Å². The molecule has 0 spiro atoms. The minimum absolute atomic E-state index is 0.0198. The second kappa shape index (κ2) is 7.92. The van der Waals surface area contributed by atoms with E-state index in [4.69, 9.17) is 0 Å². The number of carbonyl (C=O) groups excluding carboxylic acids is 4. The molecule has 0 fully saturated rings. The van der Waals surface area contributed by atoms with Crippen LogP contribution in [0, 0.1) is 11.6 Å². The molecule has 1 aliphatic heterocycles. The summed E-state index contributed by atoms with van der Waals surface area (Å²) in [5.74, 6) is -5.02. The molecule has 1 atom stereocenters. The number of hydrogen-bond donors (Lipinski definition) is 0. The van der Waals surface area contributed by atoms with Gasteiger partial charge in [-0.05, 0) is 35.9 Å². The summed E-state index contributed by atoms with van der Waals surface area (Å²) in [5.41, 5.74) is 0.134. The van der Waals surface area contributed by atoms with Crippen molar-refractivity contribution in [2.75, 3.05) is 0 Å². The molecule has 2 aromatic carbocycles. The molecule has 28 heavy (non-hydrogen) atoms. The van der Waals surface area contributed by atoms with Gasteiger partial charge in [0.25, 0.3) is 11.8 Å². The van der Waals surface area contributed by atoms with Crippen molar-refractivity contribution in [2.24, 2.45) is 4.99 Å². The predicted molar refractivity (Wildman–Crippen MR) is 95.9 cm³/mol. The maximum Gasteiger partial charge on any atom is 0.261 e. The van der Waals surface area contributed by atoms with E-state index in [9.17, 15) is 28.0 Å². The third-order valence-electron chi connectivity index (χ3n) is 4.32. The quantitative estimate of drug-likeness (QED) is 0.408. The van der Waals surface area contributed by atoms with Crippen LogP contribution < -0.4 is 0 Å². The summed E-state index contributed by atoms with van der Waals surface area (Å²) in [7, 11) is 0. The first-order valence-corrected chi connectivity index (χ1v) is 8.81. The molecule has 6 nitrogen and oxygen atoms in total. The molecule has 142 valence electrons. The molecule has 2 aromatic rings. The van der Waals surface area contributed by atoms with Crippen LogP contribution in [-0.2, 0) is 20.9 Å². The van der Waals surface area contributed by atoms with Crippen molar-refractivity contribution in [3.05, 3.63) is 69.2 Å². The zero-order chi connectivity index (χ0) is 20.4. The average molecular weight is 449 g/mol. The van der Waals surface area contributed by atoms with E-state index in [1.807, 2.05) is 0 Å². The van der Waals surface area contributed by atoms with Gasteiger partial charge in [-0.15, -0.1) is 4.99 Å². The molecule has 0 aliphatic carbocycles. The SMILES string of the molecule is O=C=NC(=O)CC1C(=O)N(Cc2ccc(Br)cc2F)C(=O)c2ccc(F)cc21. The fourth-order valence-electron chi connectivity index (χ4n) is 3.02. The number of rotatable bonds is 4. The third kappa shape index (κ3) is 3.81. The van der Waals surface area contributed by atoms with Gasteiger partial charge in [0, 0.05) is 22.0 Å². The highest BCUT2D eigenvalue weighted by molar-refractivity contribution is 9.10. The Hall–Kier alpha value is -3.03. The fraction of sp³-hybridized carbons (Fsp3) is 0.158. The molecule has 3 amide bonds. The van der Waals surface area contributed by atoms with Crippen LogP contribution in [0.3, 0.4) is 0 Å². The van der Waals surface area contributed by atoms with E-state index in [0.717, 1.165) is 23.1 Å². The van der Waals surface area contributed by atoms with E-state index in [-0.39, 0.29) is 23.2 Å². The maximum absolute atomic E-state index is 14.2. The second-order valence-corrected chi connectivity index (χ2v) is 6.97. The summed E-state index contributed by atoms with van der Waals surface area (Å²) in [6.45, 7) is -0.366. The summed E-state index contributed by atoms with van der Waals surface area (Å²) in [6.07, 6.45) is 0.541. The smallest absolute Gasteiger partial charge is 0.261 e. The number of isocyanates is 1. The van der Waals surface area contributed by atoms with Crippen molar-refractivity contribution < 1.29 is 28.0 Å². The zero-order valence-corrected chi connectivity index (χ0v) is 15.7. The summed E-state index contributed by atoms with van der Waals surface area (Å²) < 4.78 is 28.3. The van der Waals surface area contributed by atoms with Crippen molar-refractivity contribution >= 4 is 39.7 Å². The van der Waals surface area contributed by atoms with Crippen LogP contribution in [0.2, 0.25) is 0 Å². The van der Waals surface area contributed by atoms with Gasteiger partial charge in [-0.1, -0.05) is 22.0 Å². The number of aliphatic imine (C=N–C) groups is 1. The van der Waals surface area contributed by atoms with Crippen molar-refractivity contribution in [1.29, 1.82) is 0 Å². The molecular weight excluding hydrogens is 438 g/mol. The Morgan fingerprint density at radius 2 is 1.93 bits per heavy atom. The first-order chi connectivity index (χ1) is 13.3. The van der Waals surface area contributed by atoms with E-state index < -0.39 is 41.7 Å². The van der Waals surface area contributed by atoms with Gasteiger partial charge in [0.15, 0.2) is 0 Å². The van der Waals surface area contributed by atoms with Gasteiger partial charge in [-0.3, -0.25) is 19.3 Å². The normalized spacial score (nSPS) is 15.8. The second-order valence-electron chi connectivity index (χ2n) is 6.05. The summed E-state index contributed by atoms with van der Waals surface area (Å²) in [5, 5.41) is 0. The molecule has 0 aromatic heterocycles. The standard InChI is InChI=1S/C19H11BrF2N2O4/c20-11-2-1-10(16(22)5-11)8-24-18(27)13-4-3-12(21)6-14(13)15(19(24)28)7-17(26)23-9-25/h1-6,15H,7-8H2. The molecule has 3 rings (SSSR count). The number of fused-ring (bicyclic) bond motifs is 1. The molecule has 9 heteroatoms. The number of hydrogen-bond acceptors (Lipinski definition) is 4. The lowest BCUT2D eigenvalue weighted by Gasteiger charge is -2.32. The van der Waals surface area contributed by atoms with Crippen molar-refractivity contribution in [3.63, 3.8) is 0 Å². The average Bonchev–Trinajstić information content (AvgIpc) is 2.64. The Morgan fingerprint density at radius 3 is 2.61 bits per heavy atom. The van der Waals surface area contributed by atoms with Crippen LogP contribution in [0.15, 0.2) is 45.9 Å². The number of benzene rings is 2. The van der Waals surface area contributed by atoms with Crippen LogP contribution in [0.25, 0.3) is 0 Å². The topological polar surface area (TPSA) is 83.9 Å². The van der Waals surface area contributed by atoms with Gasteiger partial charge < -0.3 is 0 Å². The first kappa shape index (κ1) is 19.7. The molecule has 0 radical (unpaired) electrons. The first-order valence-electron chi connectivity index (χ1n) is 8.01. The summed E-state index contributed by atoms with van der Waals surface area (Å²) in [4.78, 5) is 51.4. The highest BCUT2D eigenvalue weighted by Gasteiger charge is 2.40. The van der Waals surface area contributed by atoms with Crippen molar-refractivity contribution in [2.45, 2.75) is 18.9 Å². The van der Waals surface area contributed by atoms with Crippen LogP contribution in [0.5, 0.6) is 0 Å². The number of carbonyl (C=O) groups is 3. The van der Waals surface area contributed by atoms with Gasteiger partial charge in [0.1, 0.15) is 11.6 Å². The van der Waals surface area contributed by atoms with Crippen LogP contribution in [0.1, 0.15) is 33.8 Å². The number of amides is 3. The molecule has 0 saturated carbocycles. The zero-order valence-electron chi connectivity index (χ0n) is 14.1. The summed E-state index contributed by atoms with van der Waals surface area (Å²) >= 11 is 3.12. The molecule has 1 aliphatic rings. The summed E-state index contributed by atoms with van der Waals surface area (Å²) in [6, 6.07) is 7.40. The van der Waals surface area contributed by atoms with Gasteiger partial charge >= 0.3 is 0 Å². The highest BCUT2D eigenvalue weighted by atomic mass is 79.9. The predicted octanol–water partition coefficient (Wildman–Crippen LogP) is 3.25. The minimum atomic E-state index is -1.23. The van der Waals surface area contributed by atoms with Crippen LogP contribution in [-0.4, -0.2) is 28.7 Å². The van der Waals surface area contributed by atoms with Gasteiger partial charge in [0.05, 0.1) is 12.5 Å². The number of nitrogens with zero attached hydrogens (tertiary/aromatic N) is 2. The lowest BCUT2D eigenvalue weighted by molar-refractivity contribution is -0.133. The molecule has 0 bridgehead atoms. The Labute approximate surface area is 166 Å². The third-order valence-corrected chi connectivity index (χ3v) is 4.81. The van der Waals surface area contributed by atoms with Crippen molar-refractivity contribution in [3.8, 4) is 0 Å². The molecule has 0 N–H and O–H groups in total. The van der Waals surface area contributed by atoms with Gasteiger partial charge in [0.2, 0.25) is 12.0 Å². The highest BCUT2D eigenvalue weighted by Crippen LogP contribution is 2.34. The van der Waals surface area contributed by atoms with Crippen molar-refractivity contribution in [1.82, 2.24) is 4.90 Å². The molecule has 1 unspecified atom stereocenters. The van der Waals surface area contributed by atoms with Crippen LogP contribution >= 0.6 is 15.9 Å². The number of imide groups is 1. The lowest BCUT2D eigenvalue weighted by Crippen LogP contribution is -2.45. The van der Waals surface area contributed by atoms with E-state index in [1.54, 1.807) is 6.07 Å². The lowest BCUT2D eigenvalue weighted by atomic mass is 9.85. The van der Waals surface area contributed by atoms with E-state index in [2.05, 4.69) is 20.9 Å². The van der Waals surface area contributed by atoms with Gasteiger partial charge in [-0.2, -0.15) is 0 Å². The fourth-order valence-corrected chi connectivity index (χ4v) is 3.35.